The van der Waals surface area contributed by atoms with E-state index in [1.165, 1.54) is 17.0 Å². The van der Waals surface area contributed by atoms with Crippen molar-refractivity contribution in [2.24, 2.45) is 0 Å². The zero-order valence-corrected chi connectivity index (χ0v) is 12.6. The Balaban J connectivity index is 2.16. The molecule has 0 N–H and O–H groups in total. The Morgan fingerprint density at radius 1 is 1.33 bits per heavy atom. The number of halogens is 1. The van der Waals surface area contributed by atoms with Crippen molar-refractivity contribution in [1.82, 2.24) is 4.90 Å². The van der Waals surface area contributed by atoms with Gasteiger partial charge in [-0.3, -0.25) is 0 Å². The van der Waals surface area contributed by atoms with Gasteiger partial charge in [0.15, 0.2) is 0 Å². The third kappa shape index (κ3) is 3.40. The first-order valence-corrected chi connectivity index (χ1v) is 6.96. The molecule has 21 heavy (non-hydrogen) atoms. The standard InChI is InChI=1S/C16H20FNO3/c1-15(2,3)21-14(20)18-9-8-16(10-18,11-19)12-4-6-13(17)7-5-12/h4-7,11H,8-10H2,1-3H3. The van der Waals surface area contributed by atoms with Crippen LogP contribution in [0, 0.1) is 5.82 Å². The SMILES string of the molecule is CC(C)(C)OC(=O)N1CCC(C=O)(c2ccc(F)cc2)C1. The Labute approximate surface area is 123 Å². The summed E-state index contributed by atoms with van der Waals surface area (Å²) in [6.07, 6.45) is 0.944. The van der Waals surface area contributed by atoms with Crippen molar-refractivity contribution < 1.29 is 18.7 Å². The van der Waals surface area contributed by atoms with Crippen LogP contribution in [0.25, 0.3) is 0 Å². The summed E-state index contributed by atoms with van der Waals surface area (Å²) in [5, 5.41) is 0. The predicted octanol–water partition coefficient (Wildman–Crippen LogP) is 2.90. The zero-order chi connectivity index (χ0) is 15.7. The Kier molecular flexibility index (Phi) is 4.03. The van der Waals surface area contributed by atoms with Gasteiger partial charge in [-0.15, -0.1) is 0 Å². The number of nitrogens with zero attached hydrogens (tertiary/aromatic N) is 1. The van der Waals surface area contributed by atoms with Gasteiger partial charge in [-0.1, -0.05) is 12.1 Å². The molecular formula is C16H20FNO3. The second kappa shape index (κ2) is 5.47. The van der Waals surface area contributed by atoms with Gasteiger partial charge in [-0.2, -0.15) is 0 Å². The van der Waals surface area contributed by atoms with Crippen LogP contribution in [0.2, 0.25) is 0 Å². The molecule has 2 rings (SSSR count). The van der Waals surface area contributed by atoms with E-state index in [0.29, 0.717) is 13.0 Å². The van der Waals surface area contributed by atoms with Crippen molar-refractivity contribution >= 4 is 12.4 Å². The predicted molar refractivity (Wildman–Crippen MR) is 76.6 cm³/mol. The summed E-state index contributed by atoms with van der Waals surface area (Å²) < 4.78 is 18.3. The van der Waals surface area contributed by atoms with E-state index in [-0.39, 0.29) is 12.4 Å². The molecule has 5 heteroatoms. The molecule has 0 bridgehead atoms. The van der Waals surface area contributed by atoms with E-state index in [0.717, 1.165) is 11.8 Å². The van der Waals surface area contributed by atoms with E-state index in [2.05, 4.69) is 0 Å². The fraction of sp³-hybridized carbons (Fsp3) is 0.500. The van der Waals surface area contributed by atoms with Crippen LogP contribution in [0.3, 0.4) is 0 Å². The van der Waals surface area contributed by atoms with Gasteiger partial charge in [0.25, 0.3) is 0 Å². The van der Waals surface area contributed by atoms with Gasteiger partial charge in [0.2, 0.25) is 0 Å². The highest BCUT2D eigenvalue weighted by Crippen LogP contribution is 2.33. The van der Waals surface area contributed by atoms with Crippen LogP contribution < -0.4 is 0 Å². The lowest BCUT2D eigenvalue weighted by Crippen LogP contribution is -2.38. The molecule has 4 nitrogen and oxygen atoms in total. The Morgan fingerprint density at radius 3 is 2.48 bits per heavy atom. The number of likely N-dealkylation sites (tertiary alicyclic amines) is 1. The lowest BCUT2D eigenvalue weighted by atomic mass is 9.81. The summed E-state index contributed by atoms with van der Waals surface area (Å²) in [5.41, 5.74) is -0.616. The van der Waals surface area contributed by atoms with Crippen LogP contribution in [0.1, 0.15) is 32.8 Å². The van der Waals surface area contributed by atoms with Crippen LogP contribution in [-0.2, 0) is 14.9 Å². The van der Waals surface area contributed by atoms with Crippen molar-refractivity contribution in [3.05, 3.63) is 35.6 Å². The highest BCUT2D eigenvalue weighted by Gasteiger charge is 2.42. The number of aldehydes is 1. The monoisotopic (exact) mass is 293 g/mol. The number of carbonyl (C=O) groups is 2. The number of benzene rings is 1. The Hall–Kier alpha value is -1.91. The van der Waals surface area contributed by atoms with Crippen LogP contribution in [-0.4, -0.2) is 36.0 Å². The van der Waals surface area contributed by atoms with Crippen molar-refractivity contribution in [3.63, 3.8) is 0 Å². The number of hydrogen-bond donors (Lipinski definition) is 0. The maximum atomic E-state index is 13.0. The Morgan fingerprint density at radius 2 is 1.95 bits per heavy atom. The first-order chi connectivity index (χ1) is 9.76. The minimum Gasteiger partial charge on any atom is -0.444 e. The van der Waals surface area contributed by atoms with Gasteiger partial charge in [0, 0.05) is 13.1 Å². The van der Waals surface area contributed by atoms with Crippen LogP contribution in [0.4, 0.5) is 9.18 Å². The highest BCUT2D eigenvalue weighted by atomic mass is 19.1. The molecule has 114 valence electrons. The van der Waals surface area contributed by atoms with E-state index in [1.807, 2.05) is 0 Å². The maximum Gasteiger partial charge on any atom is 0.410 e. The summed E-state index contributed by atoms with van der Waals surface area (Å²) in [5.74, 6) is -0.346. The fourth-order valence-corrected chi connectivity index (χ4v) is 2.50. The number of amides is 1. The molecule has 0 radical (unpaired) electrons. The quantitative estimate of drug-likeness (QED) is 0.788. The van der Waals surface area contributed by atoms with Gasteiger partial charge in [0.05, 0.1) is 5.41 Å². The number of carbonyl (C=O) groups excluding carboxylic acids is 2. The number of hydrogen-bond acceptors (Lipinski definition) is 3. The van der Waals surface area contributed by atoms with Crippen molar-refractivity contribution in [2.75, 3.05) is 13.1 Å². The van der Waals surface area contributed by atoms with Crippen molar-refractivity contribution in [1.29, 1.82) is 0 Å². The van der Waals surface area contributed by atoms with E-state index in [4.69, 9.17) is 4.74 Å². The lowest BCUT2D eigenvalue weighted by molar-refractivity contribution is -0.112. The Bertz CT molecular complexity index is 535. The fourth-order valence-electron chi connectivity index (χ4n) is 2.50. The highest BCUT2D eigenvalue weighted by molar-refractivity contribution is 5.75. The first-order valence-electron chi connectivity index (χ1n) is 6.96. The first kappa shape index (κ1) is 15.5. The van der Waals surface area contributed by atoms with Gasteiger partial charge in [0.1, 0.15) is 17.7 Å². The normalized spacial score (nSPS) is 22.2. The second-order valence-electron chi connectivity index (χ2n) is 6.43. The lowest BCUT2D eigenvalue weighted by Gasteiger charge is -2.26. The molecule has 0 aliphatic carbocycles. The third-order valence-electron chi connectivity index (χ3n) is 3.60. The van der Waals surface area contributed by atoms with Crippen LogP contribution in [0.5, 0.6) is 0 Å². The van der Waals surface area contributed by atoms with Crippen molar-refractivity contribution in [3.8, 4) is 0 Å². The molecule has 1 aliphatic rings. The van der Waals surface area contributed by atoms with Gasteiger partial charge in [-0.25, -0.2) is 9.18 Å². The molecule has 1 heterocycles. The summed E-state index contributed by atoms with van der Waals surface area (Å²) in [4.78, 5) is 25.2. The molecule has 1 aliphatic heterocycles. The summed E-state index contributed by atoms with van der Waals surface area (Å²) >= 11 is 0. The molecule has 0 saturated carbocycles. The molecule has 1 unspecified atom stereocenters. The molecular weight excluding hydrogens is 273 g/mol. The zero-order valence-electron chi connectivity index (χ0n) is 12.6. The summed E-state index contributed by atoms with van der Waals surface area (Å²) in [6.45, 7) is 6.11. The molecule has 0 spiro atoms. The van der Waals surface area contributed by atoms with Crippen LogP contribution in [0.15, 0.2) is 24.3 Å². The molecule has 1 amide bonds. The molecule has 1 saturated heterocycles. The number of rotatable bonds is 2. The second-order valence-corrected chi connectivity index (χ2v) is 6.43. The average Bonchev–Trinajstić information content (AvgIpc) is 2.83. The molecule has 0 aromatic heterocycles. The largest absolute Gasteiger partial charge is 0.444 e. The van der Waals surface area contributed by atoms with Crippen LogP contribution >= 0.6 is 0 Å². The van der Waals surface area contributed by atoms with Gasteiger partial charge in [-0.05, 0) is 44.9 Å². The average molecular weight is 293 g/mol. The van der Waals surface area contributed by atoms with Gasteiger partial charge >= 0.3 is 6.09 Å². The van der Waals surface area contributed by atoms with E-state index in [1.54, 1.807) is 32.9 Å². The molecule has 1 fully saturated rings. The number of ether oxygens (including phenoxy) is 1. The van der Waals surface area contributed by atoms with E-state index < -0.39 is 17.1 Å². The molecule has 1 atom stereocenters. The minimum atomic E-state index is -0.773. The van der Waals surface area contributed by atoms with Crippen molar-refractivity contribution in [2.45, 2.75) is 38.2 Å². The minimum absolute atomic E-state index is 0.261. The summed E-state index contributed by atoms with van der Waals surface area (Å²) in [7, 11) is 0. The van der Waals surface area contributed by atoms with E-state index in [9.17, 15) is 14.0 Å². The topological polar surface area (TPSA) is 46.6 Å². The molecule has 1 aromatic carbocycles. The van der Waals surface area contributed by atoms with E-state index >= 15 is 0 Å². The van der Waals surface area contributed by atoms with Gasteiger partial charge < -0.3 is 14.4 Å². The third-order valence-corrected chi connectivity index (χ3v) is 3.60. The smallest absolute Gasteiger partial charge is 0.410 e. The maximum absolute atomic E-state index is 13.0. The molecule has 1 aromatic rings. The summed E-state index contributed by atoms with van der Waals surface area (Å²) in [6, 6.07) is 5.86.